The molecule has 600 valence electrons. The standard InChI is InChI=1S/C82H160O17P2/c1-9-75(8)61-53-45-37-29-23-16-14-12-10-11-13-15-17-24-30-38-46-54-62-79(84)92-68-77(98-81(86)64-56-48-39-31-25-19-18-21-27-34-42-50-58-72(2)3)70-96-100(88,89)94-66-76(83)67-95-101(90,91)97-71-78(69-93-80(85)63-55-47-41-33-36-44-52-60-74(6)7)99-82(87)65-57-49-40-32-26-20-22-28-35-43-51-59-73(4)5/h72-78,83H,9-71H2,1-8H3,(H,88,89)(H,90,91)/t75?,76?,77-,78-/m1/s1. The molecule has 4 unspecified atom stereocenters. The quantitative estimate of drug-likeness (QED) is 0.0222. The predicted octanol–water partition coefficient (Wildman–Crippen LogP) is 24.4. The maximum absolute atomic E-state index is 13.1. The molecule has 0 fully saturated rings. The van der Waals surface area contributed by atoms with Crippen molar-refractivity contribution in [3.05, 3.63) is 0 Å². The van der Waals surface area contributed by atoms with Crippen molar-refractivity contribution in [2.45, 2.75) is 440 Å². The summed E-state index contributed by atoms with van der Waals surface area (Å²) in [5.74, 6) is 1.01. The first-order chi connectivity index (χ1) is 48.6. The molecule has 19 heteroatoms. The van der Waals surface area contributed by atoms with Gasteiger partial charge in [-0.1, -0.05) is 370 Å². The third kappa shape index (κ3) is 74.7. The Morgan fingerprint density at radius 1 is 0.277 bits per heavy atom. The molecule has 0 aromatic carbocycles. The van der Waals surface area contributed by atoms with Crippen molar-refractivity contribution in [3.63, 3.8) is 0 Å². The summed E-state index contributed by atoms with van der Waals surface area (Å²) in [4.78, 5) is 73.0. The van der Waals surface area contributed by atoms with E-state index < -0.39 is 97.5 Å². The summed E-state index contributed by atoms with van der Waals surface area (Å²) in [6, 6.07) is 0. The van der Waals surface area contributed by atoms with Crippen LogP contribution in [0, 0.1) is 23.7 Å². The molecule has 0 radical (unpaired) electrons. The van der Waals surface area contributed by atoms with Crippen LogP contribution in [0.1, 0.15) is 421 Å². The van der Waals surface area contributed by atoms with Crippen LogP contribution in [0.2, 0.25) is 0 Å². The molecule has 0 saturated carbocycles. The third-order valence-corrected chi connectivity index (χ3v) is 21.3. The number of phosphoric ester groups is 2. The minimum atomic E-state index is -4.96. The second kappa shape index (κ2) is 71.0. The summed E-state index contributed by atoms with van der Waals surface area (Å²) in [5, 5.41) is 10.6. The van der Waals surface area contributed by atoms with Crippen molar-refractivity contribution in [1.29, 1.82) is 0 Å². The number of esters is 4. The average Bonchev–Trinajstić information content (AvgIpc) is 0.918. The van der Waals surface area contributed by atoms with Gasteiger partial charge in [-0.05, 0) is 49.4 Å². The van der Waals surface area contributed by atoms with Crippen LogP contribution in [0.3, 0.4) is 0 Å². The summed E-state index contributed by atoms with van der Waals surface area (Å²) in [6.45, 7) is 14.3. The van der Waals surface area contributed by atoms with Crippen molar-refractivity contribution < 1.29 is 80.2 Å². The number of unbranched alkanes of at least 4 members (excludes halogenated alkanes) is 44. The minimum Gasteiger partial charge on any atom is -0.462 e. The number of carbonyl (C=O) groups is 4. The van der Waals surface area contributed by atoms with Gasteiger partial charge in [-0.25, -0.2) is 9.13 Å². The van der Waals surface area contributed by atoms with Gasteiger partial charge in [-0.3, -0.25) is 37.3 Å². The largest absolute Gasteiger partial charge is 0.472 e. The molecule has 101 heavy (non-hydrogen) atoms. The molecular weight excluding hydrogens is 1320 g/mol. The van der Waals surface area contributed by atoms with Crippen molar-refractivity contribution in [2.75, 3.05) is 39.6 Å². The lowest BCUT2D eigenvalue weighted by Gasteiger charge is -2.21. The second-order valence-electron chi connectivity index (χ2n) is 31.2. The maximum atomic E-state index is 13.1. The minimum absolute atomic E-state index is 0.105. The first-order valence-electron chi connectivity index (χ1n) is 42.2. The predicted molar refractivity (Wildman–Crippen MR) is 414 cm³/mol. The monoisotopic (exact) mass is 1480 g/mol. The first kappa shape index (κ1) is 99.1. The van der Waals surface area contributed by atoms with Crippen molar-refractivity contribution in [2.24, 2.45) is 23.7 Å². The number of aliphatic hydroxyl groups is 1. The molecule has 17 nitrogen and oxygen atoms in total. The molecule has 3 N–H and O–H groups in total. The molecular formula is C82H160O17P2. The van der Waals surface area contributed by atoms with Crippen LogP contribution in [0.15, 0.2) is 0 Å². The number of hydrogen-bond acceptors (Lipinski definition) is 15. The van der Waals surface area contributed by atoms with E-state index in [1.165, 1.54) is 218 Å². The SMILES string of the molecule is CCC(C)CCCCCCCCCCCCCCCCCCCCC(=O)OC[C@H](COP(=O)(O)OCC(O)COP(=O)(O)OC[C@@H](COC(=O)CCCCCCCCCC(C)C)OC(=O)CCCCCCCCCCCCCC(C)C)OC(=O)CCCCCCCCCCCCCCC(C)C. The molecule has 0 rings (SSSR count). The summed E-state index contributed by atoms with van der Waals surface area (Å²) >= 11 is 0. The van der Waals surface area contributed by atoms with Crippen LogP contribution in [0.25, 0.3) is 0 Å². The molecule has 0 spiro atoms. The number of carbonyl (C=O) groups excluding carboxylic acids is 4. The summed E-state index contributed by atoms with van der Waals surface area (Å²) in [7, 11) is -9.92. The molecule has 0 aromatic heterocycles. The molecule has 0 aliphatic rings. The molecule has 0 aliphatic heterocycles. The number of aliphatic hydroxyl groups excluding tert-OH is 1. The lowest BCUT2D eigenvalue weighted by atomic mass is 9.99. The van der Waals surface area contributed by atoms with E-state index in [0.717, 1.165) is 114 Å². The summed E-state index contributed by atoms with van der Waals surface area (Å²) in [6.07, 6.45) is 58.4. The number of ether oxygens (including phenoxy) is 4. The highest BCUT2D eigenvalue weighted by Crippen LogP contribution is 2.45. The molecule has 0 aromatic rings. The van der Waals surface area contributed by atoms with E-state index in [9.17, 15) is 43.2 Å². The second-order valence-corrected chi connectivity index (χ2v) is 34.1. The van der Waals surface area contributed by atoms with Crippen molar-refractivity contribution >= 4 is 39.5 Å². The zero-order valence-electron chi connectivity index (χ0n) is 66.5. The van der Waals surface area contributed by atoms with Gasteiger partial charge in [0.15, 0.2) is 12.2 Å². The molecule has 0 amide bonds. The molecule has 0 heterocycles. The van der Waals surface area contributed by atoms with Gasteiger partial charge in [0.05, 0.1) is 26.4 Å². The molecule has 0 saturated heterocycles. The highest BCUT2D eigenvalue weighted by atomic mass is 31.2. The smallest absolute Gasteiger partial charge is 0.462 e. The number of rotatable bonds is 79. The Morgan fingerprint density at radius 3 is 0.703 bits per heavy atom. The van der Waals surface area contributed by atoms with Crippen LogP contribution in [-0.4, -0.2) is 96.7 Å². The maximum Gasteiger partial charge on any atom is 0.472 e. The third-order valence-electron chi connectivity index (χ3n) is 19.4. The summed E-state index contributed by atoms with van der Waals surface area (Å²) < 4.78 is 68.7. The van der Waals surface area contributed by atoms with Crippen LogP contribution in [0.5, 0.6) is 0 Å². The molecule has 0 bridgehead atoms. The zero-order valence-corrected chi connectivity index (χ0v) is 68.3. The number of phosphoric acid groups is 2. The van der Waals surface area contributed by atoms with E-state index in [2.05, 4.69) is 55.4 Å². The summed E-state index contributed by atoms with van der Waals surface area (Å²) in [5.41, 5.74) is 0. The van der Waals surface area contributed by atoms with Crippen molar-refractivity contribution in [1.82, 2.24) is 0 Å². The fourth-order valence-electron chi connectivity index (χ4n) is 12.6. The Hall–Kier alpha value is -1.94. The van der Waals surface area contributed by atoms with Crippen LogP contribution >= 0.6 is 15.6 Å². The first-order valence-corrected chi connectivity index (χ1v) is 45.2. The molecule has 0 aliphatic carbocycles. The Morgan fingerprint density at radius 2 is 0.475 bits per heavy atom. The van der Waals surface area contributed by atoms with Gasteiger partial charge in [0.2, 0.25) is 0 Å². The van der Waals surface area contributed by atoms with E-state index in [-0.39, 0.29) is 25.7 Å². The van der Waals surface area contributed by atoms with Crippen LogP contribution < -0.4 is 0 Å². The van der Waals surface area contributed by atoms with E-state index >= 15 is 0 Å². The van der Waals surface area contributed by atoms with Gasteiger partial charge < -0.3 is 33.8 Å². The van der Waals surface area contributed by atoms with Gasteiger partial charge >= 0.3 is 39.5 Å². The lowest BCUT2D eigenvalue weighted by molar-refractivity contribution is -0.161. The Bertz CT molecular complexity index is 1970. The van der Waals surface area contributed by atoms with E-state index in [1.54, 1.807) is 0 Å². The van der Waals surface area contributed by atoms with Crippen LogP contribution in [-0.2, 0) is 65.4 Å². The van der Waals surface area contributed by atoms with Gasteiger partial charge in [-0.15, -0.1) is 0 Å². The average molecular weight is 1480 g/mol. The van der Waals surface area contributed by atoms with Crippen LogP contribution in [0.4, 0.5) is 0 Å². The fraction of sp³-hybridized carbons (Fsp3) is 0.951. The van der Waals surface area contributed by atoms with Gasteiger partial charge in [0.25, 0.3) is 0 Å². The Kier molecular flexibility index (Phi) is 69.6. The molecule has 6 atom stereocenters. The van der Waals surface area contributed by atoms with E-state index in [1.807, 2.05) is 0 Å². The lowest BCUT2D eigenvalue weighted by Crippen LogP contribution is -2.30. The zero-order chi connectivity index (χ0) is 74.6. The highest BCUT2D eigenvalue weighted by molar-refractivity contribution is 7.47. The van der Waals surface area contributed by atoms with Gasteiger partial charge in [0.1, 0.15) is 19.3 Å². The Balaban J connectivity index is 5.20. The van der Waals surface area contributed by atoms with E-state index in [4.69, 9.17) is 37.0 Å². The van der Waals surface area contributed by atoms with E-state index in [0.29, 0.717) is 31.6 Å². The topological polar surface area (TPSA) is 237 Å². The van der Waals surface area contributed by atoms with Crippen molar-refractivity contribution in [3.8, 4) is 0 Å². The van der Waals surface area contributed by atoms with Gasteiger partial charge in [0, 0.05) is 25.7 Å². The van der Waals surface area contributed by atoms with Gasteiger partial charge in [-0.2, -0.15) is 0 Å². The fourth-order valence-corrected chi connectivity index (χ4v) is 14.2. The Labute approximate surface area is 619 Å². The number of hydrogen-bond donors (Lipinski definition) is 3. The highest BCUT2D eigenvalue weighted by Gasteiger charge is 2.30. The normalized spacial score (nSPS) is 14.3.